The lowest BCUT2D eigenvalue weighted by molar-refractivity contribution is 0.723. The maximum atomic E-state index is 6.49. The predicted molar refractivity (Wildman–Crippen MR) is 85.8 cm³/mol. The van der Waals surface area contributed by atoms with Gasteiger partial charge in [-0.3, -0.25) is 0 Å². The summed E-state index contributed by atoms with van der Waals surface area (Å²) in [5.74, 6) is 0. The summed E-state index contributed by atoms with van der Waals surface area (Å²) >= 11 is 0. The average molecular weight is 261 g/mol. The average Bonchev–Trinajstić information content (AvgIpc) is 2.48. The van der Waals surface area contributed by atoms with Gasteiger partial charge >= 0.3 is 0 Å². The van der Waals surface area contributed by atoms with Crippen LogP contribution in [0.4, 0.5) is 0 Å². The Kier molecular flexibility index (Phi) is 3.53. The van der Waals surface area contributed by atoms with E-state index in [2.05, 4.69) is 67.6 Å². The summed E-state index contributed by atoms with van der Waals surface area (Å²) in [7, 11) is 0. The lowest BCUT2D eigenvalue weighted by Crippen LogP contribution is -2.15. The van der Waals surface area contributed by atoms with Crippen LogP contribution in [-0.2, 0) is 6.42 Å². The number of hydrogen-bond acceptors (Lipinski definition) is 1. The fourth-order valence-electron chi connectivity index (χ4n) is 2.87. The summed E-state index contributed by atoms with van der Waals surface area (Å²) < 4.78 is 0. The van der Waals surface area contributed by atoms with Crippen LogP contribution < -0.4 is 5.73 Å². The second-order valence-electron chi connectivity index (χ2n) is 5.31. The largest absolute Gasteiger partial charge is 0.324 e. The number of nitrogens with two attached hydrogens (primary N) is 1. The van der Waals surface area contributed by atoms with Gasteiger partial charge in [-0.1, -0.05) is 66.7 Å². The zero-order valence-corrected chi connectivity index (χ0v) is 11.7. The number of fused-ring (bicyclic) bond motifs is 1. The van der Waals surface area contributed by atoms with E-state index >= 15 is 0 Å². The smallest absolute Gasteiger partial charge is 0.0344 e. The molecular weight excluding hydrogens is 242 g/mol. The second kappa shape index (κ2) is 5.48. The molecule has 0 heterocycles. The first-order valence-electron chi connectivity index (χ1n) is 7.03. The van der Waals surface area contributed by atoms with Crippen molar-refractivity contribution in [2.75, 3.05) is 0 Å². The van der Waals surface area contributed by atoms with Gasteiger partial charge in [-0.2, -0.15) is 0 Å². The van der Waals surface area contributed by atoms with Crippen molar-refractivity contribution < 1.29 is 0 Å². The molecule has 3 rings (SSSR count). The molecule has 1 unspecified atom stereocenters. The van der Waals surface area contributed by atoms with E-state index < -0.39 is 0 Å². The first-order valence-corrected chi connectivity index (χ1v) is 7.03. The normalized spacial score (nSPS) is 12.5. The fourth-order valence-corrected chi connectivity index (χ4v) is 2.87. The number of rotatable bonds is 3. The Balaban J connectivity index is 2.03. The number of benzene rings is 3. The van der Waals surface area contributed by atoms with Gasteiger partial charge in [-0.05, 0) is 40.8 Å². The van der Waals surface area contributed by atoms with Crippen molar-refractivity contribution in [1.82, 2.24) is 0 Å². The summed E-state index contributed by atoms with van der Waals surface area (Å²) in [6, 6.07) is 23.3. The molecular formula is C19H19N. The van der Waals surface area contributed by atoms with E-state index in [4.69, 9.17) is 5.73 Å². The van der Waals surface area contributed by atoms with E-state index in [1.165, 1.54) is 27.5 Å². The highest BCUT2D eigenvalue weighted by Crippen LogP contribution is 2.28. The zero-order chi connectivity index (χ0) is 13.9. The molecule has 1 heteroatoms. The van der Waals surface area contributed by atoms with Crippen LogP contribution in [-0.4, -0.2) is 0 Å². The molecule has 0 amide bonds. The third-order valence-corrected chi connectivity index (χ3v) is 3.86. The Labute approximate surface area is 120 Å². The van der Waals surface area contributed by atoms with E-state index in [0.717, 1.165) is 6.42 Å². The van der Waals surface area contributed by atoms with Crippen LogP contribution in [0.3, 0.4) is 0 Å². The Morgan fingerprint density at radius 1 is 0.850 bits per heavy atom. The molecule has 1 nitrogen and oxygen atoms in total. The molecule has 0 spiro atoms. The van der Waals surface area contributed by atoms with E-state index in [0.29, 0.717) is 0 Å². The van der Waals surface area contributed by atoms with Crippen LogP contribution in [0, 0.1) is 6.92 Å². The molecule has 0 radical (unpaired) electrons. The fraction of sp³-hybridized carbons (Fsp3) is 0.158. The summed E-state index contributed by atoms with van der Waals surface area (Å²) in [6.45, 7) is 2.15. The Morgan fingerprint density at radius 3 is 2.35 bits per heavy atom. The van der Waals surface area contributed by atoms with Crippen molar-refractivity contribution in [2.45, 2.75) is 19.4 Å². The molecule has 0 fully saturated rings. The van der Waals surface area contributed by atoms with E-state index in [-0.39, 0.29) is 6.04 Å². The molecule has 100 valence electrons. The topological polar surface area (TPSA) is 26.0 Å². The van der Waals surface area contributed by atoms with Gasteiger partial charge in [0.1, 0.15) is 0 Å². The standard InChI is InChI=1S/C19H19N/c1-14-11-12-16-9-5-6-10-17(16)19(14)18(20)13-15-7-3-2-4-8-15/h2-12,18H,13,20H2,1H3. The van der Waals surface area contributed by atoms with Crippen LogP contribution in [0.25, 0.3) is 10.8 Å². The minimum absolute atomic E-state index is 0.0310. The summed E-state index contributed by atoms with van der Waals surface area (Å²) in [5.41, 5.74) is 10.3. The SMILES string of the molecule is Cc1ccc2ccccc2c1C(N)Cc1ccccc1. The molecule has 0 aliphatic rings. The molecule has 0 aliphatic heterocycles. The molecule has 3 aromatic carbocycles. The van der Waals surface area contributed by atoms with Crippen molar-refractivity contribution in [2.24, 2.45) is 5.73 Å². The van der Waals surface area contributed by atoms with Crippen LogP contribution >= 0.6 is 0 Å². The molecule has 0 saturated heterocycles. The van der Waals surface area contributed by atoms with Gasteiger partial charge in [0.15, 0.2) is 0 Å². The summed E-state index contributed by atoms with van der Waals surface area (Å²) in [4.78, 5) is 0. The van der Waals surface area contributed by atoms with Crippen molar-refractivity contribution in [3.8, 4) is 0 Å². The van der Waals surface area contributed by atoms with Gasteiger partial charge in [0, 0.05) is 6.04 Å². The highest BCUT2D eigenvalue weighted by Gasteiger charge is 2.13. The third kappa shape index (κ3) is 2.45. The third-order valence-electron chi connectivity index (χ3n) is 3.86. The highest BCUT2D eigenvalue weighted by atomic mass is 14.6. The second-order valence-corrected chi connectivity index (χ2v) is 5.31. The summed E-state index contributed by atoms with van der Waals surface area (Å²) in [6.07, 6.45) is 0.871. The van der Waals surface area contributed by atoms with Gasteiger partial charge in [0.2, 0.25) is 0 Å². The Hall–Kier alpha value is -2.12. The first-order chi connectivity index (χ1) is 9.75. The lowest BCUT2D eigenvalue weighted by Gasteiger charge is -2.18. The van der Waals surface area contributed by atoms with Crippen molar-refractivity contribution >= 4 is 10.8 Å². The van der Waals surface area contributed by atoms with Gasteiger partial charge < -0.3 is 5.73 Å². The molecule has 20 heavy (non-hydrogen) atoms. The van der Waals surface area contributed by atoms with E-state index in [9.17, 15) is 0 Å². The van der Waals surface area contributed by atoms with Crippen LogP contribution in [0.5, 0.6) is 0 Å². The van der Waals surface area contributed by atoms with Crippen molar-refractivity contribution in [3.05, 3.63) is 83.4 Å². The Morgan fingerprint density at radius 2 is 1.55 bits per heavy atom. The first kappa shape index (κ1) is 12.9. The molecule has 0 aromatic heterocycles. The number of aryl methyl sites for hydroxylation is 1. The van der Waals surface area contributed by atoms with Crippen LogP contribution in [0.1, 0.15) is 22.7 Å². The molecule has 2 N–H and O–H groups in total. The van der Waals surface area contributed by atoms with Gasteiger partial charge in [-0.15, -0.1) is 0 Å². The quantitative estimate of drug-likeness (QED) is 0.743. The molecule has 0 saturated carbocycles. The van der Waals surface area contributed by atoms with Crippen LogP contribution in [0.15, 0.2) is 66.7 Å². The molecule has 1 atom stereocenters. The van der Waals surface area contributed by atoms with Gasteiger partial charge in [-0.25, -0.2) is 0 Å². The zero-order valence-electron chi connectivity index (χ0n) is 11.7. The van der Waals surface area contributed by atoms with Crippen LogP contribution in [0.2, 0.25) is 0 Å². The summed E-state index contributed by atoms with van der Waals surface area (Å²) in [5, 5.41) is 2.53. The number of hydrogen-bond donors (Lipinski definition) is 1. The monoisotopic (exact) mass is 261 g/mol. The molecule has 0 aliphatic carbocycles. The van der Waals surface area contributed by atoms with Gasteiger partial charge in [0.05, 0.1) is 0 Å². The Bertz CT molecular complexity index is 716. The molecule has 0 bridgehead atoms. The lowest BCUT2D eigenvalue weighted by atomic mass is 9.91. The van der Waals surface area contributed by atoms with E-state index in [1.54, 1.807) is 0 Å². The predicted octanol–water partition coefficient (Wildman–Crippen LogP) is 4.39. The van der Waals surface area contributed by atoms with Crippen molar-refractivity contribution in [1.29, 1.82) is 0 Å². The van der Waals surface area contributed by atoms with Crippen molar-refractivity contribution in [3.63, 3.8) is 0 Å². The maximum absolute atomic E-state index is 6.49. The minimum atomic E-state index is 0.0310. The minimum Gasteiger partial charge on any atom is -0.324 e. The molecule has 3 aromatic rings. The maximum Gasteiger partial charge on any atom is 0.0344 e. The highest BCUT2D eigenvalue weighted by molar-refractivity contribution is 5.87. The van der Waals surface area contributed by atoms with Gasteiger partial charge in [0.25, 0.3) is 0 Å². The van der Waals surface area contributed by atoms with E-state index in [1.807, 2.05) is 6.07 Å².